The smallest absolute Gasteiger partial charge is 0.222 e. The van der Waals surface area contributed by atoms with E-state index in [4.69, 9.17) is 0 Å². The van der Waals surface area contributed by atoms with Crippen LogP contribution >= 0.6 is 0 Å². The maximum Gasteiger partial charge on any atom is 0.222 e. The number of likely N-dealkylation sites (tertiary alicyclic amines) is 1. The number of unbranched alkanes of at least 4 members (excludes halogenated alkanes) is 1. The molecular weight excluding hydrogens is 162 g/mol. The van der Waals surface area contributed by atoms with Gasteiger partial charge in [0.1, 0.15) is 0 Å². The minimum absolute atomic E-state index is 0.381. The molecule has 0 unspecified atom stereocenters. The fourth-order valence-corrected chi connectivity index (χ4v) is 2.06. The van der Waals surface area contributed by atoms with Crippen LogP contribution in [0.15, 0.2) is 0 Å². The quantitative estimate of drug-likeness (QED) is 0.641. The first kappa shape index (κ1) is 10.6. The SMILES string of the molecule is CCCCN1C(=O)CC[C@@H]1CCC. The topological polar surface area (TPSA) is 20.3 Å². The van der Waals surface area contributed by atoms with Crippen molar-refractivity contribution in [1.29, 1.82) is 0 Å². The van der Waals surface area contributed by atoms with Gasteiger partial charge in [0.25, 0.3) is 0 Å². The third-order valence-electron chi connectivity index (χ3n) is 2.83. The normalized spacial score (nSPS) is 22.8. The Morgan fingerprint density at radius 2 is 2.15 bits per heavy atom. The number of hydrogen-bond acceptors (Lipinski definition) is 1. The summed E-state index contributed by atoms with van der Waals surface area (Å²) in [6, 6.07) is 0.559. The van der Waals surface area contributed by atoms with E-state index in [9.17, 15) is 4.79 Å². The molecule has 1 aliphatic rings. The molecule has 0 aromatic heterocycles. The van der Waals surface area contributed by atoms with Gasteiger partial charge in [0.05, 0.1) is 0 Å². The summed E-state index contributed by atoms with van der Waals surface area (Å²) in [5, 5.41) is 0. The number of carbonyl (C=O) groups is 1. The van der Waals surface area contributed by atoms with Gasteiger partial charge in [0.2, 0.25) is 5.91 Å². The molecule has 1 heterocycles. The molecule has 0 aliphatic carbocycles. The molecule has 1 fully saturated rings. The van der Waals surface area contributed by atoms with Crippen molar-refractivity contribution in [3.05, 3.63) is 0 Å². The number of hydrogen-bond donors (Lipinski definition) is 0. The Bertz CT molecular complexity index is 167. The van der Waals surface area contributed by atoms with E-state index in [1.54, 1.807) is 0 Å². The molecule has 1 aliphatic heterocycles. The van der Waals surface area contributed by atoms with Crippen molar-refractivity contribution in [2.24, 2.45) is 0 Å². The second-order valence-electron chi connectivity index (χ2n) is 3.92. The summed E-state index contributed by atoms with van der Waals surface area (Å²) in [6.45, 7) is 5.36. The summed E-state index contributed by atoms with van der Waals surface area (Å²) in [6.07, 6.45) is 6.61. The van der Waals surface area contributed by atoms with Crippen molar-refractivity contribution in [2.45, 2.75) is 58.4 Å². The zero-order chi connectivity index (χ0) is 9.68. The molecule has 13 heavy (non-hydrogen) atoms. The number of carbonyl (C=O) groups excluding carboxylic acids is 1. The highest BCUT2D eigenvalue weighted by Crippen LogP contribution is 2.22. The predicted molar refractivity (Wildman–Crippen MR) is 54.6 cm³/mol. The lowest BCUT2D eigenvalue weighted by Gasteiger charge is -2.24. The average molecular weight is 183 g/mol. The largest absolute Gasteiger partial charge is 0.340 e. The molecule has 1 atom stereocenters. The second kappa shape index (κ2) is 5.25. The zero-order valence-corrected chi connectivity index (χ0v) is 8.88. The molecule has 1 saturated heterocycles. The van der Waals surface area contributed by atoms with Gasteiger partial charge in [0, 0.05) is 19.0 Å². The first-order valence-electron chi connectivity index (χ1n) is 5.59. The zero-order valence-electron chi connectivity index (χ0n) is 8.88. The summed E-state index contributed by atoms with van der Waals surface area (Å²) >= 11 is 0. The van der Waals surface area contributed by atoms with E-state index in [1.165, 1.54) is 19.3 Å². The highest BCUT2D eigenvalue weighted by atomic mass is 16.2. The minimum Gasteiger partial charge on any atom is -0.340 e. The summed E-state index contributed by atoms with van der Waals surface area (Å²) in [4.78, 5) is 13.6. The first-order chi connectivity index (χ1) is 6.29. The molecular formula is C11H21NO. The third kappa shape index (κ3) is 2.71. The van der Waals surface area contributed by atoms with Crippen LogP contribution in [-0.2, 0) is 4.79 Å². The molecule has 0 bridgehead atoms. The Hall–Kier alpha value is -0.530. The van der Waals surface area contributed by atoms with Crippen LogP contribution in [0.2, 0.25) is 0 Å². The molecule has 0 spiro atoms. The van der Waals surface area contributed by atoms with Crippen LogP contribution in [-0.4, -0.2) is 23.4 Å². The Balaban J connectivity index is 2.40. The van der Waals surface area contributed by atoms with Crippen LogP contribution < -0.4 is 0 Å². The number of nitrogens with zero attached hydrogens (tertiary/aromatic N) is 1. The van der Waals surface area contributed by atoms with E-state index in [0.717, 1.165) is 25.8 Å². The van der Waals surface area contributed by atoms with E-state index >= 15 is 0 Å². The van der Waals surface area contributed by atoms with E-state index in [1.807, 2.05) is 0 Å². The summed E-state index contributed by atoms with van der Waals surface area (Å²) < 4.78 is 0. The van der Waals surface area contributed by atoms with Gasteiger partial charge in [-0.05, 0) is 19.3 Å². The van der Waals surface area contributed by atoms with Gasteiger partial charge in [0.15, 0.2) is 0 Å². The van der Waals surface area contributed by atoms with Gasteiger partial charge in [-0.1, -0.05) is 26.7 Å². The highest BCUT2D eigenvalue weighted by Gasteiger charge is 2.28. The van der Waals surface area contributed by atoms with Crippen LogP contribution in [0.3, 0.4) is 0 Å². The van der Waals surface area contributed by atoms with Crippen LogP contribution in [0.1, 0.15) is 52.4 Å². The van der Waals surface area contributed by atoms with E-state index < -0.39 is 0 Å². The van der Waals surface area contributed by atoms with Crippen molar-refractivity contribution in [1.82, 2.24) is 4.90 Å². The fraction of sp³-hybridized carbons (Fsp3) is 0.909. The first-order valence-corrected chi connectivity index (χ1v) is 5.59. The van der Waals surface area contributed by atoms with Gasteiger partial charge in [-0.2, -0.15) is 0 Å². The van der Waals surface area contributed by atoms with Gasteiger partial charge in [-0.25, -0.2) is 0 Å². The number of rotatable bonds is 5. The lowest BCUT2D eigenvalue weighted by Crippen LogP contribution is -2.33. The van der Waals surface area contributed by atoms with E-state index in [-0.39, 0.29) is 0 Å². The van der Waals surface area contributed by atoms with Crippen molar-refractivity contribution < 1.29 is 4.79 Å². The molecule has 76 valence electrons. The molecule has 0 aromatic rings. The standard InChI is InChI=1S/C11H21NO/c1-3-5-9-12-10(6-4-2)7-8-11(12)13/h10H,3-9H2,1-2H3/t10-/m0/s1. The summed E-state index contributed by atoms with van der Waals surface area (Å²) in [5.41, 5.74) is 0. The Morgan fingerprint density at radius 3 is 2.77 bits per heavy atom. The van der Waals surface area contributed by atoms with Crippen LogP contribution in [0.4, 0.5) is 0 Å². The van der Waals surface area contributed by atoms with Crippen LogP contribution in [0.5, 0.6) is 0 Å². The van der Waals surface area contributed by atoms with Crippen LogP contribution in [0, 0.1) is 0 Å². The maximum absolute atomic E-state index is 11.5. The third-order valence-corrected chi connectivity index (χ3v) is 2.83. The lowest BCUT2D eigenvalue weighted by atomic mass is 10.1. The Morgan fingerprint density at radius 1 is 1.38 bits per heavy atom. The molecule has 0 N–H and O–H groups in total. The van der Waals surface area contributed by atoms with E-state index in [0.29, 0.717) is 11.9 Å². The van der Waals surface area contributed by atoms with Crippen molar-refractivity contribution in [3.8, 4) is 0 Å². The second-order valence-corrected chi connectivity index (χ2v) is 3.92. The molecule has 0 aromatic carbocycles. The van der Waals surface area contributed by atoms with Crippen LogP contribution in [0.25, 0.3) is 0 Å². The average Bonchev–Trinajstić information content (AvgIpc) is 2.45. The predicted octanol–water partition coefficient (Wildman–Crippen LogP) is 2.58. The van der Waals surface area contributed by atoms with E-state index in [2.05, 4.69) is 18.7 Å². The minimum atomic E-state index is 0.381. The summed E-state index contributed by atoms with van der Waals surface area (Å²) in [5.74, 6) is 0.381. The molecule has 0 saturated carbocycles. The number of amides is 1. The molecule has 0 radical (unpaired) electrons. The lowest BCUT2D eigenvalue weighted by molar-refractivity contribution is -0.129. The van der Waals surface area contributed by atoms with Gasteiger partial charge >= 0.3 is 0 Å². The summed E-state index contributed by atoms with van der Waals surface area (Å²) in [7, 11) is 0. The van der Waals surface area contributed by atoms with Gasteiger partial charge in [-0.3, -0.25) is 4.79 Å². The molecule has 1 rings (SSSR count). The Labute approximate surface area is 81.3 Å². The van der Waals surface area contributed by atoms with Crippen molar-refractivity contribution >= 4 is 5.91 Å². The molecule has 1 amide bonds. The van der Waals surface area contributed by atoms with Crippen molar-refractivity contribution in [2.75, 3.05) is 6.54 Å². The fourth-order valence-electron chi connectivity index (χ4n) is 2.06. The highest BCUT2D eigenvalue weighted by molar-refractivity contribution is 5.78. The maximum atomic E-state index is 11.5. The van der Waals surface area contributed by atoms with Crippen molar-refractivity contribution in [3.63, 3.8) is 0 Å². The van der Waals surface area contributed by atoms with Gasteiger partial charge in [-0.15, -0.1) is 0 Å². The molecule has 2 heteroatoms. The monoisotopic (exact) mass is 183 g/mol. The Kier molecular flexibility index (Phi) is 4.26. The van der Waals surface area contributed by atoms with Gasteiger partial charge < -0.3 is 4.90 Å². The molecule has 2 nitrogen and oxygen atoms in total.